The molecule has 0 saturated carbocycles. The van der Waals surface area contributed by atoms with Crippen LogP contribution in [0.25, 0.3) is 21.4 Å². The molecule has 3 aromatic carbocycles. The number of hydrogen-bond acceptors (Lipinski definition) is 8. The Labute approximate surface area is 222 Å². The second kappa shape index (κ2) is 10.9. The van der Waals surface area contributed by atoms with Gasteiger partial charge in [0.05, 0.1) is 31.5 Å². The van der Waals surface area contributed by atoms with Crippen molar-refractivity contribution in [2.75, 3.05) is 5.32 Å². The normalized spacial score (nSPS) is 11.1. The van der Waals surface area contributed by atoms with Crippen LogP contribution in [0.15, 0.2) is 89.4 Å². The Kier molecular flexibility index (Phi) is 7.05. The van der Waals surface area contributed by atoms with Crippen LogP contribution in [-0.2, 0) is 13.2 Å². The highest BCUT2D eigenvalue weighted by atomic mass is 16.3. The number of fused-ring (bicyclic) bond motifs is 1. The quantitative estimate of drug-likeness (QED) is 0.169. The molecule has 0 bridgehead atoms. The van der Waals surface area contributed by atoms with Gasteiger partial charge >= 0.3 is 0 Å². The molecule has 5 rings (SSSR count). The molecule has 0 radical (unpaired) electrons. The molecular formula is C28H21N7O4. The highest BCUT2D eigenvalue weighted by Crippen LogP contribution is 2.41. The number of aromatic nitrogens is 3. The molecule has 2 aromatic heterocycles. The smallest absolute Gasteiger partial charge is 0.259 e. The molecule has 11 heteroatoms. The van der Waals surface area contributed by atoms with Crippen LogP contribution in [0.5, 0.6) is 5.75 Å². The Morgan fingerprint density at radius 3 is 2.46 bits per heavy atom. The van der Waals surface area contributed by atoms with Crippen molar-refractivity contribution in [3.8, 4) is 11.6 Å². The van der Waals surface area contributed by atoms with Gasteiger partial charge in [0, 0.05) is 17.3 Å². The van der Waals surface area contributed by atoms with Crippen molar-refractivity contribution in [1.29, 1.82) is 0 Å². The number of azo groups is 1. The average Bonchev–Trinajstić information content (AvgIpc) is 3.39. The monoisotopic (exact) mass is 519 g/mol. The zero-order chi connectivity index (χ0) is 27.4. The molecule has 39 heavy (non-hydrogen) atoms. The highest BCUT2D eigenvalue weighted by molar-refractivity contribution is 6.11. The molecule has 11 nitrogen and oxygen atoms in total. The van der Waals surface area contributed by atoms with Gasteiger partial charge in [-0.2, -0.15) is 5.10 Å². The van der Waals surface area contributed by atoms with E-state index in [1.807, 2.05) is 0 Å². The summed E-state index contributed by atoms with van der Waals surface area (Å²) in [5.41, 5.74) is 1.81. The summed E-state index contributed by atoms with van der Waals surface area (Å²) in [5.74, 6) is -0.497. The van der Waals surface area contributed by atoms with E-state index in [1.165, 1.54) is 16.9 Å². The first kappa shape index (κ1) is 25.2. The van der Waals surface area contributed by atoms with E-state index in [-0.39, 0.29) is 36.0 Å². The number of aliphatic hydroxyl groups excluding tert-OH is 2. The molecule has 4 N–H and O–H groups in total. The molecule has 0 fully saturated rings. The molecule has 2 heterocycles. The Morgan fingerprint density at radius 1 is 1.00 bits per heavy atom. The van der Waals surface area contributed by atoms with Crippen LogP contribution in [-0.4, -0.2) is 36.0 Å². The number of carbonyl (C=O) groups excluding carboxylic acids is 1. The zero-order valence-electron chi connectivity index (χ0n) is 20.4. The van der Waals surface area contributed by atoms with Crippen molar-refractivity contribution in [2.24, 2.45) is 10.2 Å². The van der Waals surface area contributed by atoms with Gasteiger partial charge in [-0.25, -0.2) is 14.5 Å². The summed E-state index contributed by atoms with van der Waals surface area (Å²) in [6, 6.07) is 18.3. The van der Waals surface area contributed by atoms with E-state index in [4.69, 9.17) is 6.57 Å². The number of nitrogens with zero attached hydrogens (tertiary/aromatic N) is 6. The topological polar surface area (TPSA) is 150 Å². The lowest BCUT2D eigenvalue weighted by atomic mass is 10.0. The zero-order valence-corrected chi connectivity index (χ0v) is 20.4. The summed E-state index contributed by atoms with van der Waals surface area (Å²) in [6.07, 6.45) is 2.92. The van der Waals surface area contributed by atoms with Crippen molar-refractivity contribution in [3.05, 3.63) is 107 Å². The van der Waals surface area contributed by atoms with Gasteiger partial charge in [0.15, 0.2) is 17.4 Å². The van der Waals surface area contributed by atoms with Crippen molar-refractivity contribution in [1.82, 2.24) is 14.8 Å². The summed E-state index contributed by atoms with van der Waals surface area (Å²) >= 11 is 0. The number of amides is 1. The maximum Gasteiger partial charge on any atom is 0.259 e. The molecule has 5 aromatic rings. The fraction of sp³-hybridized carbons (Fsp3) is 0.0714. The number of carbonyl (C=O) groups is 1. The largest absolute Gasteiger partial charge is 0.505 e. The fourth-order valence-corrected chi connectivity index (χ4v) is 3.94. The Balaban J connectivity index is 1.61. The third-order valence-corrected chi connectivity index (χ3v) is 5.93. The van der Waals surface area contributed by atoms with Crippen LogP contribution in [0.4, 0.5) is 22.9 Å². The minimum Gasteiger partial charge on any atom is -0.505 e. The molecule has 0 atom stereocenters. The van der Waals surface area contributed by atoms with Crippen molar-refractivity contribution in [3.63, 3.8) is 0 Å². The minimum absolute atomic E-state index is 0.00229. The minimum atomic E-state index is -0.600. The number of aliphatic hydroxyl groups is 2. The third kappa shape index (κ3) is 5.05. The molecule has 0 aliphatic rings. The van der Waals surface area contributed by atoms with Crippen molar-refractivity contribution >= 4 is 39.6 Å². The first-order chi connectivity index (χ1) is 19.0. The van der Waals surface area contributed by atoms with E-state index in [0.29, 0.717) is 33.4 Å². The number of phenolic OH excluding ortho intramolecular Hbond substituents is 1. The van der Waals surface area contributed by atoms with E-state index in [0.717, 1.165) is 0 Å². The summed E-state index contributed by atoms with van der Waals surface area (Å²) in [7, 11) is 0. The lowest BCUT2D eigenvalue weighted by Gasteiger charge is -2.12. The van der Waals surface area contributed by atoms with E-state index in [9.17, 15) is 20.1 Å². The molecule has 0 saturated heterocycles. The number of pyridine rings is 1. The van der Waals surface area contributed by atoms with Crippen LogP contribution >= 0.6 is 0 Å². The Morgan fingerprint density at radius 2 is 1.77 bits per heavy atom. The van der Waals surface area contributed by atoms with Crippen molar-refractivity contribution < 1.29 is 20.1 Å². The van der Waals surface area contributed by atoms with Crippen molar-refractivity contribution in [2.45, 2.75) is 13.2 Å². The maximum atomic E-state index is 13.2. The van der Waals surface area contributed by atoms with Crippen LogP contribution in [0.1, 0.15) is 21.5 Å². The number of hydrogen-bond donors (Lipinski definition) is 4. The van der Waals surface area contributed by atoms with Gasteiger partial charge in [-0.05, 0) is 52.9 Å². The fourth-order valence-electron chi connectivity index (χ4n) is 3.94. The summed E-state index contributed by atoms with van der Waals surface area (Å²) < 4.78 is 1.35. The van der Waals surface area contributed by atoms with Gasteiger partial charge in [0.25, 0.3) is 11.6 Å². The standard InChI is InChI=1S/C28H21N7O4/c1-29-23-14-31-35(24-4-2-3-11-30-24)27(23)34-33-25-21-10-7-18(16-37)12-19(21)13-22(26(25)38)28(39)32-20-8-5-17(15-36)6-9-20/h2-14,36-38H,15-16H2,(H,32,39)/b34-33+. The van der Waals surface area contributed by atoms with E-state index in [2.05, 4.69) is 30.5 Å². The summed E-state index contributed by atoms with van der Waals surface area (Å²) in [4.78, 5) is 20.9. The second-order valence-electron chi connectivity index (χ2n) is 8.41. The number of nitrogens with one attached hydrogen (secondary N) is 1. The molecule has 0 unspecified atom stereocenters. The number of anilines is 1. The van der Waals surface area contributed by atoms with Gasteiger partial charge in [-0.1, -0.05) is 30.3 Å². The molecule has 192 valence electrons. The Bertz CT molecular complexity index is 1740. The highest BCUT2D eigenvalue weighted by Gasteiger charge is 2.20. The second-order valence-corrected chi connectivity index (χ2v) is 8.41. The van der Waals surface area contributed by atoms with E-state index in [1.54, 1.807) is 66.9 Å². The third-order valence-electron chi connectivity index (χ3n) is 5.93. The average molecular weight is 520 g/mol. The number of benzene rings is 3. The molecule has 0 aliphatic heterocycles. The lowest BCUT2D eigenvalue weighted by molar-refractivity contribution is 0.102. The summed E-state index contributed by atoms with van der Waals surface area (Å²) in [5, 5.41) is 46.5. The SMILES string of the molecule is [C-]#[N+]c1cnn(-c2ccccn2)c1/N=N/c1c(O)c(C(=O)Nc2ccc(CO)cc2)cc2cc(CO)ccc12. The predicted octanol–water partition coefficient (Wildman–Crippen LogP) is 5.33. The Hall–Kier alpha value is -5.44. The first-order valence-electron chi connectivity index (χ1n) is 11.7. The molecule has 0 aliphatic carbocycles. The van der Waals surface area contributed by atoms with Gasteiger partial charge in [0.2, 0.25) is 0 Å². The lowest BCUT2D eigenvalue weighted by Crippen LogP contribution is -2.12. The van der Waals surface area contributed by atoms with Gasteiger partial charge < -0.3 is 20.6 Å². The van der Waals surface area contributed by atoms with Gasteiger partial charge in [0.1, 0.15) is 5.69 Å². The van der Waals surface area contributed by atoms with Gasteiger partial charge in [-0.3, -0.25) is 4.79 Å². The van der Waals surface area contributed by atoms with E-state index < -0.39 is 11.7 Å². The van der Waals surface area contributed by atoms with Crippen LogP contribution in [0, 0.1) is 6.57 Å². The molecule has 1 amide bonds. The maximum absolute atomic E-state index is 13.2. The van der Waals surface area contributed by atoms with Crippen LogP contribution in [0.2, 0.25) is 0 Å². The predicted molar refractivity (Wildman–Crippen MR) is 144 cm³/mol. The number of phenols is 1. The molecule has 0 spiro atoms. The van der Waals surface area contributed by atoms with Crippen LogP contribution < -0.4 is 5.32 Å². The summed E-state index contributed by atoms with van der Waals surface area (Å²) in [6.45, 7) is 7.15. The first-order valence-corrected chi connectivity index (χ1v) is 11.7. The number of rotatable bonds is 7. The van der Waals surface area contributed by atoms with E-state index >= 15 is 0 Å². The van der Waals surface area contributed by atoms with Crippen LogP contribution in [0.3, 0.4) is 0 Å². The number of aromatic hydroxyl groups is 1. The molecular weight excluding hydrogens is 498 g/mol. The van der Waals surface area contributed by atoms with Gasteiger partial charge in [-0.15, -0.1) is 10.2 Å².